The second kappa shape index (κ2) is 10.6. The van der Waals surface area contributed by atoms with Crippen LogP contribution in [-0.2, 0) is 42.9 Å². The van der Waals surface area contributed by atoms with Crippen molar-refractivity contribution in [2.75, 3.05) is 12.3 Å². The molecule has 1 fully saturated rings. The minimum Gasteiger partial charge on any atom is -0.463 e. The van der Waals surface area contributed by atoms with Gasteiger partial charge in [0.15, 0.2) is 12.2 Å². The number of benzene rings is 1. The molecule has 1 saturated heterocycles. The molecule has 1 aliphatic heterocycles. The van der Waals surface area contributed by atoms with Crippen molar-refractivity contribution in [2.24, 2.45) is 0 Å². The van der Waals surface area contributed by atoms with Gasteiger partial charge in [0.25, 0.3) is 0 Å². The molecule has 5 atom stereocenters. The Bertz CT molecular complexity index is 809. The normalized spacial score (nSPS) is 25.1. The summed E-state index contributed by atoms with van der Waals surface area (Å²) in [6.07, 6.45) is -6.20. The van der Waals surface area contributed by atoms with Crippen molar-refractivity contribution >= 4 is 29.6 Å². The first-order chi connectivity index (χ1) is 14.6. The van der Waals surface area contributed by atoms with Gasteiger partial charge in [-0.15, -0.1) is 0 Å². The first-order valence-electron chi connectivity index (χ1n) is 9.39. The largest absolute Gasteiger partial charge is 0.463 e. The second-order valence-corrected chi connectivity index (χ2v) is 6.75. The molecule has 0 unspecified atom stereocenters. The number of hydrogen-bond donors (Lipinski definition) is 1. The molecule has 11 heteroatoms. The van der Waals surface area contributed by atoms with Gasteiger partial charge in [-0.25, -0.2) is 0 Å². The maximum atomic E-state index is 11.8. The predicted octanol–water partition coefficient (Wildman–Crippen LogP) is 0.731. The van der Waals surface area contributed by atoms with Crippen molar-refractivity contribution in [1.29, 1.82) is 0 Å². The van der Waals surface area contributed by atoms with Crippen molar-refractivity contribution in [3.63, 3.8) is 0 Å². The standard InChI is InChI=1S/C20H25NO10/c1-10(22)26-9-16-17(27-11(2)23)18(28-12(3)24)19(29-13(4)25)20(31-16)30-15-7-5-14(21)6-8-15/h5-8,16-20H,9,21H2,1-4H3/t16-,17-,18+,19+,20+/m1/s1. The number of nitrogens with two attached hydrogens (primary N) is 1. The summed E-state index contributed by atoms with van der Waals surface area (Å²) in [6.45, 7) is 4.29. The van der Waals surface area contributed by atoms with E-state index < -0.39 is 54.6 Å². The molecule has 0 aromatic heterocycles. The Morgan fingerprint density at radius 3 is 1.84 bits per heavy atom. The molecule has 1 aromatic rings. The van der Waals surface area contributed by atoms with Gasteiger partial charge in [0.1, 0.15) is 18.5 Å². The molecule has 0 bridgehead atoms. The molecule has 31 heavy (non-hydrogen) atoms. The SMILES string of the molecule is CC(=O)OC[C@H]1O[C@H](Oc2ccc(N)cc2)[C@@H](OC(C)=O)[C@@H](OC(C)=O)[C@@H]1OC(C)=O. The summed E-state index contributed by atoms with van der Waals surface area (Å²) in [7, 11) is 0. The van der Waals surface area contributed by atoms with Crippen molar-refractivity contribution in [2.45, 2.75) is 58.4 Å². The molecule has 0 spiro atoms. The van der Waals surface area contributed by atoms with Crippen LogP contribution in [0.2, 0.25) is 0 Å². The Kier molecular flexibility index (Phi) is 8.20. The number of anilines is 1. The summed E-state index contributed by atoms with van der Waals surface area (Å²) in [5.41, 5.74) is 6.17. The zero-order valence-corrected chi connectivity index (χ0v) is 17.6. The fraction of sp³-hybridized carbons (Fsp3) is 0.500. The molecule has 1 aliphatic rings. The monoisotopic (exact) mass is 439 g/mol. The quantitative estimate of drug-likeness (QED) is 0.364. The molecule has 0 radical (unpaired) electrons. The van der Waals surface area contributed by atoms with E-state index in [1.54, 1.807) is 24.3 Å². The van der Waals surface area contributed by atoms with Crippen LogP contribution in [0, 0.1) is 0 Å². The Balaban J connectivity index is 2.43. The summed E-state index contributed by atoms with van der Waals surface area (Å²) < 4.78 is 32.6. The zero-order chi connectivity index (χ0) is 23.1. The lowest BCUT2D eigenvalue weighted by Crippen LogP contribution is -2.63. The van der Waals surface area contributed by atoms with Gasteiger partial charge in [-0.3, -0.25) is 19.2 Å². The van der Waals surface area contributed by atoms with E-state index in [9.17, 15) is 19.2 Å². The highest BCUT2D eigenvalue weighted by Gasteiger charge is 2.53. The smallest absolute Gasteiger partial charge is 0.303 e. The zero-order valence-electron chi connectivity index (χ0n) is 17.6. The van der Waals surface area contributed by atoms with Gasteiger partial charge in [-0.05, 0) is 24.3 Å². The number of ether oxygens (including phenoxy) is 6. The molecule has 2 rings (SSSR count). The van der Waals surface area contributed by atoms with E-state index in [-0.39, 0.29) is 6.61 Å². The van der Waals surface area contributed by atoms with Crippen LogP contribution in [0.25, 0.3) is 0 Å². The molecular weight excluding hydrogens is 414 g/mol. The minimum absolute atomic E-state index is 0.315. The van der Waals surface area contributed by atoms with Crippen molar-refractivity contribution in [1.82, 2.24) is 0 Å². The van der Waals surface area contributed by atoms with Gasteiger partial charge in [0.2, 0.25) is 12.4 Å². The molecule has 2 N–H and O–H groups in total. The van der Waals surface area contributed by atoms with E-state index in [0.29, 0.717) is 11.4 Å². The fourth-order valence-electron chi connectivity index (χ4n) is 2.96. The highest BCUT2D eigenvalue weighted by atomic mass is 16.7. The molecular formula is C20H25NO10. The Morgan fingerprint density at radius 1 is 0.806 bits per heavy atom. The third kappa shape index (κ3) is 7.14. The number of nitrogen functional groups attached to an aromatic ring is 1. The van der Waals surface area contributed by atoms with Crippen LogP contribution in [0.4, 0.5) is 5.69 Å². The lowest BCUT2D eigenvalue weighted by molar-refractivity contribution is -0.288. The summed E-state index contributed by atoms with van der Waals surface area (Å²) >= 11 is 0. The van der Waals surface area contributed by atoms with E-state index in [2.05, 4.69) is 0 Å². The van der Waals surface area contributed by atoms with Gasteiger partial charge in [-0.1, -0.05) is 0 Å². The summed E-state index contributed by atoms with van der Waals surface area (Å²) in [6, 6.07) is 6.29. The van der Waals surface area contributed by atoms with Gasteiger partial charge in [0.05, 0.1) is 0 Å². The van der Waals surface area contributed by atoms with Crippen molar-refractivity contribution < 1.29 is 47.6 Å². The maximum Gasteiger partial charge on any atom is 0.303 e. The van der Waals surface area contributed by atoms with Crippen molar-refractivity contribution in [3.8, 4) is 5.75 Å². The highest BCUT2D eigenvalue weighted by Crippen LogP contribution is 2.31. The molecule has 0 aliphatic carbocycles. The summed E-state index contributed by atoms with van der Waals surface area (Å²) in [4.78, 5) is 46.5. The number of carbonyl (C=O) groups is 4. The molecule has 1 aromatic carbocycles. The molecule has 1 heterocycles. The Morgan fingerprint density at radius 2 is 1.32 bits per heavy atom. The second-order valence-electron chi connectivity index (χ2n) is 6.75. The van der Waals surface area contributed by atoms with Gasteiger partial charge in [-0.2, -0.15) is 0 Å². The average Bonchev–Trinajstić information content (AvgIpc) is 2.65. The first kappa shape index (κ1) is 23.9. The van der Waals surface area contributed by atoms with Gasteiger partial charge >= 0.3 is 23.9 Å². The molecule has 170 valence electrons. The number of esters is 4. The average molecular weight is 439 g/mol. The van der Waals surface area contributed by atoms with Crippen LogP contribution in [0.3, 0.4) is 0 Å². The van der Waals surface area contributed by atoms with Crippen molar-refractivity contribution in [3.05, 3.63) is 24.3 Å². The van der Waals surface area contributed by atoms with E-state index in [1.165, 1.54) is 6.92 Å². The van der Waals surface area contributed by atoms with Crippen LogP contribution in [-0.4, -0.2) is 61.2 Å². The predicted molar refractivity (Wildman–Crippen MR) is 103 cm³/mol. The minimum atomic E-state index is -1.29. The number of hydrogen-bond acceptors (Lipinski definition) is 11. The third-order valence-electron chi connectivity index (χ3n) is 4.08. The lowest BCUT2D eigenvalue weighted by atomic mass is 9.98. The Labute approximate surface area is 178 Å². The first-order valence-corrected chi connectivity index (χ1v) is 9.39. The van der Waals surface area contributed by atoms with E-state index in [1.807, 2.05) is 0 Å². The van der Waals surface area contributed by atoms with E-state index in [0.717, 1.165) is 20.8 Å². The number of carbonyl (C=O) groups excluding carboxylic acids is 4. The van der Waals surface area contributed by atoms with Crippen LogP contribution in [0.1, 0.15) is 27.7 Å². The van der Waals surface area contributed by atoms with E-state index in [4.69, 9.17) is 34.2 Å². The van der Waals surface area contributed by atoms with Gasteiger partial charge in [0, 0.05) is 33.4 Å². The topological polar surface area (TPSA) is 150 Å². The van der Waals surface area contributed by atoms with Crippen LogP contribution < -0.4 is 10.5 Å². The summed E-state index contributed by atoms with van der Waals surface area (Å²) in [5, 5.41) is 0. The molecule has 11 nitrogen and oxygen atoms in total. The number of rotatable bonds is 7. The van der Waals surface area contributed by atoms with Gasteiger partial charge < -0.3 is 34.2 Å². The maximum absolute atomic E-state index is 11.8. The molecule has 0 saturated carbocycles. The Hall–Kier alpha value is -3.34. The lowest BCUT2D eigenvalue weighted by Gasteiger charge is -2.43. The van der Waals surface area contributed by atoms with E-state index >= 15 is 0 Å². The highest BCUT2D eigenvalue weighted by molar-refractivity contribution is 5.68. The third-order valence-corrected chi connectivity index (χ3v) is 4.08. The summed E-state index contributed by atoms with van der Waals surface area (Å²) in [5.74, 6) is -2.43. The van der Waals surface area contributed by atoms with Crippen LogP contribution >= 0.6 is 0 Å². The van der Waals surface area contributed by atoms with Crippen LogP contribution in [0.15, 0.2) is 24.3 Å². The fourth-order valence-corrected chi connectivity index (χ4v) is 2.96. The molecule has 0 amide bonds. The van der Waals surface area contributed by atoms with Crippen LogP contribution in [0.5, 0.6) is 5.75 Å².